The smallest absolute Gasteiger partial charge is 0.251 e. The molecule has 1 aromatic heterocycles. The third kappa shape index (κ3) is 4.59. The number of rotatable bonds is 6. The van der Waals surface area contributed by atoms with Crippen molar-refractivity contribution in [2.75, 3.05) is 19.0 Å². The van der Waals surface area contributed by atoms with Gasteiger partial charge in [0.25, 0.3) is 5.91 Å². The lowest BCUT2D eigenvalue weighted by atomic mass is 10.2. The topological polar surface area (TPSA) is 80.3 Å². The van der Waals surface area contributed by atoms with Crippen molar-refractivity contribution in [3.05, 3.63) is 54.4 Å². The maximum absolute atomic E-state index is 11.9. The first kappa shape index (κ1) is 15.5. The minimum absolute atomic E-state index is 0.178. The highest BCUT2D eigenvalue weighted by Gasteiger charge is 2.07. The highest BCUT2D eigenvalue weighted by Crippen LogP contribution is 2.11. The average Bonchev–Trinajstić information content (AvgIpc) is 2.55. The lowest BCUT2D eigenvalue weighted by Crippen LogP contribution is -2.27. The van der Waals surface area contributed by atoms with E-state index in [0.717, 1.165) is 0 Å². The second kappa shape index (κ2) is 7.78. The molecular formula is C16H17N3O3. The fourth-order valence-corrected chi connectivity index (χ4v) is 1.79. The quantitative estimate of drug-likeness (QED) is 0.853. The molecule has 2 aromatic rings. The summed E-state index contributed by atoms with van der Waals surface area (Å²) in [6, 6.07) is 10.3. The van der Waals surface area contributed by atoms with E-state index in [2.05, 4.69) is 15.6 Å². The van der Waals surface area contributed by atoms with Gasteiger partial charge in [0.1, 0.15) is 5.75 Å². The Kier molecular flexibility index (Phi) is 5.48. The predicted octanol–water partition coefficient (Wildman–Crippen LogP) is 1.85. The molecular weight excluding hydrogens is 282 g/mol. The zero-order valence-corrected chi connectivity index (χ0v) is 12.2. The van der Waals surface area contributed by atoms with Crippen molar-refractivity contribution in [1.82, 2.24) is 10.3 Å². The number of methoxy groups -OCH3 is 1. The van der Waals surface area contributed by atoms with Crippen LogP contribution in [0.2, 0.25) is 0 Å². The van der Waals surface area contributed by atoms with Gasteiger partial charge in [0.05, 0.1) is 19.0 Å². The van der Waals surface area contributed by atoms with E-state index in [1.165, 1.54) is 0 Å². The summed E-state index contributed by atoms with van der Waals surface area (Å²) < 4.78 is 5.03. The van der Waals surface area contributed by atoms with Gasteiger partial charge in [0.2, 0.25) is 5.91 Å². The maximum Gasteiger partial charge on any atom is 0.251 e. The zero-order valence-electron chi connectivity index (χ0n) is 12.2. The van der Waals surface area contributed by atoms with E-state index in [4.69, 9.17) is 4.74 Å². The minimum atomic E-state index is -0.225. The lowest BCUT2D eigenvalue weighted by Gasteiger charge is -2.07. The molecule has 0 radical (unpaired) electrons. The van der Waals surface area contributed by atoms with E-state index in [1.807, 2.05) is 0 Å². The summed E-state index contributed by atoms with van der Waals surface area (Å²) in [4.78, 5) is 27.5. The van der Waals surface area contributed by atoms with Gasteiger partial charge in [0, 0.05) is 24.7 Å². The number of pyridine rings is 1. The summed E-state index contributed by atoms with van der Waals surface area (Å²) in [5.41, 5.74) is 1.16. The van der Waals surface area contributed by atoms with Crippen LogP contribution in [0.4, 0.5) is 5.69 Å². The first-order chi connectivity index (χ1) is 10.7. The molecule has 0 unspecified atom stereocenters. The Labute approximate surface area is 128 Å². The molecule has 6 heteroatoms. The third-order valence-electron chi connectivity index (χ3n) is 2.94. The number of aromatic nitrogens is 1. The van der Waals surface area contributed by atoms with Gasteiger partial charge in [-0.1, -0.05) is 0 Å². The summed E-state index contributed by atoms with van der Waals surface area (Å²) in [6.45, 7) is 0.261. The van der Waals surface area contributed by atoms with Crippen molar-refractivity contribution >= 4 is 17.5 Å². The van der Waals surface area contributed by atoms with Gasteiger partial charge in [-0.05, 0) is 36.4 Å². The van der Waals surface area contributed by atoms with Crippen LogP contribution in [0.3, 0.4) is 0 Å². The maximum atomic E-state index is 11.9. The number of nitrogens with zero attached hydrogens (tertiary/aromatic N) is 1. The number of anilines is 1. The standard InChI is InChI=1S/C16H17N3O3/c1-22-14-6-4-12(5-7-14)16(21)18-10-8-15(20)19-13-3-2-9-17-11-13/h2-7,9,11H,8,10H2,1H3,(H,18,21)(H,19,20). The fourth-order valence-electron chi connectivity index (χ4n) is 1.79. The second-order valence-electron chi connectivity index (χ2n) is 4.52. The fraction of sp³-hybridized carbons (Fsp3) is 0.188. The molecule has 22 heavy (non-hydrogen) atoms. The van der Waals surface area contributed by atoms with Crippen molar-refractivity contribution in [3.8, 4) is 5.75 Å². The molecule has 2 amide bonds. The van der Waals surface area contributed by atoms with Gasteiger partial charge in [-0.3, -0.25) is 14.6 Å². The number of amides is 2. The first-order valence-electron chi connectivity index (χ1n) is 6.81. The van der Waals surface area contributed by atoms with Crippen LogP contribution < -0.4 is 15.4 Å². The Bertz CT molecular complexity index is 627. The van der Waals surface area contributed by atoms with Gasteiger partial charge < -0.3 is 15.4 Å². The third-order valence-corrected chi connectivity index (χ3v) is 2.94. The SMILES string of the molecule is COc1ccc(C(=O)NCCC(=O)Nc2cccnc2)cc1. The van der Waals surface area contributed by atoms with Crippen molar-refractivity contribution in [2.45, 2.75) is 6.42 Å². The summed E-state index contributed by atoms with van der Waals surface area (Å²) in [5, 5.41) is 5.40. The number of nitrogens with one attached hydrogen (secondary N) is 2. The van der Waals surface area contributed by atoms with Gasteiger partial charge in [-0.25, -0.2) is 0 Å². The normalized spacial score (nSPS) is 9.86. The molecule has 1 heterocycles. The average molecular weight is 299 g/mol. The van der Waals surface area contributed by atoms with Crippen LogP contribution in [0.5, 0.6) is 5.75 Å². The Balaban J connectivity index is 1.75. The van der Waals surface area contributed by atoms with Gasteiger partial charge in [-0.2, -0.15) is 0 Å². The number of benzene rings is 1. The molecule has 2 N–H and O–H groups in total. The van der Waals surface area contributed by atoms with Crippen molar-refractivity contribution < 1.29 is 14.3 Å². The Morgan fingerprint density at radius 3 is 2.59 bits per heavy atom. The highest BCUT2D eigenvalue weighted by molar-refractivity contribution is 5.95. The van der Waals surface area contributed by atoms with Crippen LogP contribution in [0.1, 0.15) is 16.8 Å². The number of carbonyl (C=O) groups excluding carboxylic acids is 2. The molecule has 6 nitrogen and oxygen atoms in total. The zero-order chi connectivity index (χ0) is 15.8. The van der Waals surface area contributed by atoms with Crippen molar-refractivity contribution in [2.24, 2.45) is 0 Å². The van der Waals surface area contributed by atoms with Crippen LogP contribution in [0, 0.1) is 0 Å². The molecule has 1 aromatic carbocycles. The predicted molar refractivity (Wildman–Crippen MR) is 82.8 cm³/mol. The molecule has 0 saturated heterocycles. The number of hydrogen-bond acceptors (Lipinski definition) is 4. The molecule has 114 valence electrons. The van der Waals surface area contributed by atoms with E-state index < -0.39 is 0 Å². The van der Waals surface area contributed by atoms with Crippen LogP contribution in [0.25, 0.3) is 0 Å². The monoisotopic (exact) mass is 299 g/mol. The Morgan fingerprint density at radius 1 is 1.18 bits per heavy atom. The van der Waals surface area contributed by atoms with Crippen LogP contribution >= 0.6 is 0 Å². The molecule has 0 aliphatic heterocycles. The van der Waals surface area contributed by atoms with Crippen LogP contribution in [0.15, 0.2) is 48.8 Å². The van der Waals surface area contributed by atoms with Crippen molar-refractivity contribution in [3.63, 3.8) is 0 Å². The largest absolute Gasteiger partial charge is 0.497 e. The van der Waals surface area contributed by atoms with Crippen LogP contribution in [-0.2, 0) is 4.79 Å². The Hall–Kier alpha value is -2.89. The van der Waals surface area contributed by atoms with E-state index in [9.17, 15) is 9.59 Å². The summed E-state index contributed by atoms with van der Waals surface area (Å²) in [5.74, 6) is 0.285. The van der Waals surface area contributed by atoms with E-state index in [1.54, 1.807) is 55.9 Å². The number of ether oxygens (including phenoxy) is 1. The minimum Gasteiger partial charge on any atom is -0.497 e. The molecule has 0 spiro atoms. The molecule has 0 aliphatic carbocycles. The molecule has 0 aliphatic rings. The van der Waals surface area contributed by atoms with Crippen molar-refractivity contribution in [1.29, 1.82) is 0 Å². The summed E-state index contributed by atoms with van der Waals surface area (Å²) in [6.07, 6.45) is 3.38. The molecule has 0 bridgehead atoms. The van der Waals surface area contributed by atoms with E-state index >= 15 is 0 Å². The highest BCUT2D eigenvalue weighted by atomic mass is 16.5. The first-order valence-corrected chi connectivity index (χ1v) is 6.81. The van der Waals surface area contributed by atoms with E-state index in [-0.39, 0.29) is 24.8 Å². The molecule has 0 fully saturated rings. The van der Waals surface area contributed by atoms with Gasteiger partial charge in [0.15, 0.2) is 0 Å². The van der Waals surface area contributed by atoms with Crippen LogP contribution in [-0.4, -0.2) is 30.5 Å². The molecule has 0 atom stereocenters. The number of carbonyl (C=O) groups is 2. The van der Waals surface area contributed by atoms with Gasteiger partial charge >= 0.3 is 0 Å². The second-order valence-corrected chi connectivity index (χ2v) is 4.52. The summed E-state index contributed by atoms with van der Waals surface area (Å²) >= 11 is 0. The number of hydrogen-bond donors (Lipinski definition) is 2. The van der Waals surface area contributed by atoms with E-state index in [0.29, 0.717) is 17.0 Å². The Morgan fingerprint density at radius 2 is 1.95 bits per heavy atom. The molecule has 2 rings (SSSR count). The lowest BCUT2D eigenvalue weighted by molar-refractivity contribution is -0.116. The summed E-state index contributed by atoms with van der Waals surface area (Å²) in [7, 11) is 1.57. The molecule has 0 saturated carbocycles. The van der Waals surface area contributed by atoms with Gasteiger partial charge in [-0.15, -0.1) is 0 Å².